The molecule has 0 spiro atoms. The van der Waals surface area contributed by atoms with E-state index in [2.05, 4.69) is 11.9 Å². The highest BCUT2D eigenvalue weighted by atomic mass is 15.1. The van der Waals surface area contributed by atoms with E-state index in [9.17, 15) is 0 Å². The number of piperidine rings is 1. The third-order valence-electron chi connectivity index (χ3n) is 6.38. The van der Waals surface area contributed by atoms with Crippen LogP contribution in [0.3, 0.4) is 0 Å². The van der Waals surface area contributed by atoms with Gasteiger partial charge in [0.25, 0.3) is 0 Å². The molecule has 1 nitrogen and oxygen atoms in total. The van der Waals surface area contributed by atoms with Crippen LogP contribution in [0.1, 0.15) is 74.8 Å². The summed E-state index contributed by atoms with van der Waals surface area (Å²) in [6.07, 6.45) is 3.39. The number of nitrogens with zero attached hydrogens (tertiary/aromatic N) is 1. The predicted molar refractivity (Wildman–Crippen MR) is 93.4 cm³/mol. The Hall–Kier alpha value is -0.820. The highest BCUT2D eigenvalue weighted by Gasteiger charge is 2.52. The summed E-state index contributed by atoms with van der Waals surface area (Å²) in [7, 11) is 2.17. The Morgan fingerprint density at radius 1 is 1.41 bits per heavy atom. The first-order chi connectivity index (χ1) is 14.2. The second kappa shape index (κ2) is 5.37. The quantitative estimate of drug-likeness (QED) is 0.773. The largest absolute Gasteiger partial charge is 0.303 e. The number of fused-ring (bicyclic) bond motifs is 1. The minimum atomic E-state index is -3.32. The number of hydrogen-bond acceptors (Lipinski definition) is 1. The van der Waals surface area contributed by atoms with Crippen LogP contribution in [-0.2, 0) is 18.2 Å². The molecule has 0 radical (unpaired) electrons. The van der Waals surface area contributed by atoms with Crippen molar-refractivity contribution < 1.29 is 12.3 Å². The van der Waals surface area contributed by atoms with Crippen LogP contribution in [0.5, 0.6) is 0 Å². The van der Waals surface area contributed by atoms with Crippen molar-refractivity contribution in [2.24, 2.45) is 11.8 Å². The van der Waals surface area contributed by atoms with Gasteiger partial charge in [0.1, 0.15) is 0 Å². The summed E-state index contributed by atoms with van der Waals surface area (Å²) >= 11 is 0. The van der Waals surface area contributed by atoms with Gasteiger partial charge in [0.05, 0.1) is 0 Å². The molecule has 1 aliphatic heterocycles. The molecule has 1 saturated heterocycles. The molecule has 1 saturated carbocycles. The fraction of sp³-hybridized carbons (Fsp3) is 0.714. The number of likely N-dealkylation sites (tertiary alicyclic amines) is 1. The van der Waals surface area contributed by atoms with Crippen molar-refractivity contribution in [3.63, 3.8) is 0 Å². The van der Waals surface area contributed by atoms with E-state index in [-0.39, 0.29) is 11.0 Å². The van der Waals surface area contributed by atoms with Crippen molar-refractivity contribution in [1.29, 1.82) is 0 Å². The van der Waals surface area contributed by atoms with Gasteiger partial charge in [-0.2, -0.15) is 0 Å². The second-order valence-electron chi connectivity index (χ2n) is 7.38. The normalized spacial score (nSPS) is 42.7. The van der Waals surface area contributed by atoms with Crippen molar-refractivity contribution in [1.82, 2.24) is 4.90 Å². The Morgan fingerprint density at radius 3 is 3.18 bits per heavy atom. The molecule has 0 amide bonds. The molecule has 2 aliphatic carbocycles. The predicted octanol–water partition coefficient (Wildman–Crippen LogP) is 4.57. The maximum Gasteiger partial charge on any atom is 0.0319 e. The van der Waals surface area contributed by atoms with Crippen LogP contribution in [-0.4, -0.2) is 24.5 Å². The summed E-state index contributed by atoms with van der Waals surface area (Å²) in [5, 5.41) is 0. The average molecular weight is 307 g/mol. The molecule has 3 atom stereocenters. The van der Waals surface area contributed by atoms with Crippen LogP contribution in [0.4, 0.5) is 0 Å². The standard InChI is InChI=1S/C21H31N/c1-15(2)12-16-7-8-17-14-20-18-6-4-5-9-21(18,19(17)13-16)10-11-22(20)3/h7-8,13,15,18,20H,4-6,9-12,14H2,1-3H3/t18-,20+,21+/m1/s1/i1D3,2D3,12D2,15D. The van der Waals surface area contributed by atoms with Gasteiger partial charge < -0.3 is 4.90 Å². The molecule has 0 unspecified atom stereocenters. The molecule has 1 heteroatoms. The van der Waals surface area contributed by atoms with Crippen LogP contribution >= 0.6 is 0 Å². The van der Waals surface area contributed by atoms with Crippen LogP contribution in [0, 0.1) is 11.8 Å². The van der Waals surface area contributed by atoms with Crippen LogP contribution in [0.25, 0.3) is 0 Å². The third-order valence-corrected chi connectivity index (χ3v) is 6.38. The van der Waals surface area contributed by atoms with E-state index < -0.39 is 26.0 Å². The molecular formula is C21H31N. The molecule has 120 valence electrons. The molecular weight excluding hydrogens is 266 g/mol. The lowest BCUT2D eigenvalue weighted by Gasteiger charge is -2.58. The zero-order valence-corrected chi connectivity index (χ0v) is 13.3. The Kier molecular flexibility index (Phi) is 1.91. The van der Waals surface area contributed by atoms with Gasteiger partial charge in [-0.1, -0.05) is 44.7 Å². The summed E-state index contributed by atoms with van der Waals surface area (Å²) in [6, 6.07) is 5.52. The van der Waals surface area contributed by atoms with Gasteiger partial charge in [0.2, 0.25) is 0 Å². The number of likely N-dealkylation sites (N-methyl/N-ethyl adjacent to an activating group) is 1. The Balaban J connectivity index is 1.87. The summed E-state index contributed by atoms with van der Waals surface area (Å²) in [5.74, 6) is -2.80. The summed E-state index contributed by atoms with van der Waals surface area (Å²) in [6.45, 7) is -5.67. The van der Waals surface area contributed by atoms with Crippen molar-refractivity contribution in [2.45, 2.75) is 70.1 Å². The Bertz CT molecular complexity index is 845. The first kappa shape index (κ1) is 7.83. The van der Waals surface area contributed by atoms with Crippen LogP contribution < -0.4 is 0 Å². The van der Waals surface area contributed by atoms with E-state index in [1.165, 1.54) is 12.5 Å². The van der Waals surface area contributed by atoms with Crippen LogP contribution in [0.2, 0.25) is 0 Å². The van der Waals surface area contributed by atoms with E-state index in [1.807, 2.05) is 6.07 Å². The van der Waals surface area contributed by atoms with Crippen molar-refractivity contribution in [3.05, 3.63) is 34.9 Å². The lowest BCUT2D eigenvalue weighted by atomic mass is 9.52. The fourth-order valence-corrected chi connectivity index (χ4v) is 5.42. The van der Waals surface area contributed by atoms with Crippen molar-refractivity contribution in [3.8, 4) is 0 Å². The van der Waals surface area contributed by atoms with Gasteiger partial charge in [0, 0.05) is 23.8 Å². The van der Waals surface area contributed by atoms with Gasteiger partial charge in [-0.3, -0.25) is 0 Å². The molecule has 1 aromatic rings. The molecule has 2 fully saturated rings. The number of benzene rings is 1. The highest BCUT2D eigenvalue weighted by molar-refractivity contribution is 5.43. The maximum absolute atomic E-state index is 8.64. The lowest BCUT2D eigenvalue weighted by molar-refractivity contribution is 0.00281. The molecule has 22 heavy (non-hydrogen) atoms. The van der Waals surface area contributed by atoms with Gasteiger partial charge in [-0.25, -0.2) is 0 Å². The highest BCUT2D eigenvalue weighted by Crippen LogP contribution is 2.55. The lowest BCUT2D eigenvalue weighted by Crippen LogP contribution is -2.59. The van der Waals surface area contributed by atoms with Gasteiger partial charge in [-0.15, -0.1) is 0 Å². The maximum atomic E-state index is 8.64. The molecule has 0 N–H and O–H groups in total. The van der Waals surface area contributed by atoms with Crippen molar-refractivity contribution >= 4 is 0 Å². The molecule has 0 aromatic heterocycles. The molecule has 3 aliphatic rings. The Labute approximate surface area is 148 Å². The van der Waals surface area contributed by atoms with E-state index in [1.54, 1.807) is 6.07 Å². The van der Waals surface area contributed by atoms with Crippen LogP contribution in [0.15, 0.2) is 18.2 Å². The summed E-state index contributed by atoms with van der Waals surface area (Å²) in [4.78, 5) is 2.43. The molecule has 4 rings (SSSR count). The SMILES string of the molecule is [2H]C([2H])([2H])C([2H])(C([2H])([2H])[2H])C([2H])([2H])c1ccc2c(c1)[C@]13CCCC[C@@H]1[C@H](C2)N(C)CC3. The second-order valence-corrected chi connectivity index (χ2v) is 7.38. The summed E-state index contributed by atoms with van der Waals surface area (Å²) in [5.41, 5.74) is 2.12. The zero-order chi connectivity index (χ0) is 23.0. The molecule has 1 heterocycles. The van der Waals surface area contributed by atoms with E-state index in [0.29, 0.717) is 12.0 Å². The number of rotatable bonds is 2. The number of hydrogen-bond donors (Lipinski definition) is 0. The van der Waals surface area contributed by atoms with Crippen molar-refractivity contribution in [2.75, 3.05) is 13.6 Å². The fourth-order valence-electron chi connectivity index (χ4n) is 5.42. The van der Waals surface area contributed by atoms with Gasteiger partial charge >= 0.3 is 0 Å². The molecule has 2 bridgehead atoms. The first-order valence-corrected chi connectivity index (χ1v) is 8.51. The van der Waals surface area contributed by atoms with E-state index >= 15 is 0 Å². The topological polar surface area (TPSA) is 3.24 Å². The zero-order valence-electron chi connectivity index (χ0n) is 22.3. The smallest absolute Gasteiger partial charge is 0.0319 e. The molecule has 1 aromatic carbocycles. The Morgan fingerprint density at radius 2 is 2.32 bits per heavy atom. The van der Waals surface area contributed by atoms with Gasteiger partial charge in [-0.05, 0) is 74.2 Å². The minimum Gasteiger partial charge on any atom is -0.303 e. The van der Waals surface area contributed by atoms with E-state index in [4.69, 9.17) is 12.3 Å². The summed E-state index contributed by atoms with van der Waals surface area (Å²) < 4.78 is 72.2. The third kappa shape index (κ3) is 2.16. The average Bonchev–Trinajstić information content (AvgIpc) is 2.68. The minimum absolute atomic E-state index is 0.00965. The van der Waals surface area contributed by atoms with Gasteiger partial charge in [0.15, 0.2) is 0 Å². The monoisotopic (exact) mass is 306 g/mol. The first-order valence-electron chi connectivity index (χ1n) is 13.0. The van der Waals surface area contributed by atoms with E-state index in [0.717, 1.165) is 49.8 Å².